The monoisotopic (exact) mass is 412 g/mol. The van der Waals surface area contributed by atoms with Crippen LogP contribution in [0.4, 0.5) is 18.9 Å². The van der Waals surface area contributed by atoms with Gasteiger partial charge in [0, 0.05) is 17.4 Å². The fourth-order valence-electron chi connectivity index (χ4n) is 3.01. The molecule has 0 radical (unpaired) electrons. The van der Waals surface area contributed by atoms with Crippen molar-refractivity contribution in [1.82, 2.24) is 14.6 Å². The average Bonchev–Trinajstić information content (AvgIpc) is 3.14. The Hall–Kier alpha value is -3.88. The Morgan fingerprint density at radius 1 is 1.17 bits per heavy atom. The van der Waals surface area contributed by atoms with Crippen LogP contribution in [0.3, 0.4) is 0 Å². The summed E-state index contributed by atoms with van der Waals surface area (Å²) in [6, 6.07) is 10.7. The van der Waals surface area contributed by atoms with E-state index in [1.807, 2.05) is 0 Å². The SMILES string of the molecule is Cc1cc(F)c(-c2ccc(OC(F)F)cn2)cc1NC(=O)c1cnn2ccccc12. The minimum absolute atomic E-state index is 0.111. The van der Waals surface area contributed by atoms with Crippen LogP contribution in [0.1, 0.15) is 15.9 Å². The first-order valence-corrected chi connectivity index (χ1v) is 8.87. The first kappa shape index (κ1) is 19.4. The molecule has 4 rings (SSSR count). The van der Waals surface area contributed by atoms with Gasteiger partial charge in [-0.25, -0.2) is 8.91 Å². The highest BCUT2D eigenvalue weighted by Crippen LogP contribution is 2.29. The van der Waals surface area contributed by atoms with Gasteiger partial charge in [0.15, 0.2) is 0 Å². The third-order valence-corrected chi connectivity index (χ3v) is 4.47. The van der Waals surface area contributed by atoms with Gasteiger partial charge in [0.05, 0.1) is 29.2 Å². The number of fused-ring (bicyclic) bond motifs is 1. The van der Waals surface area contributed by atoms with Crippen LogP contribution in [-0.2, 0) is 0 Å². The lowest BCUT2D eigenvalue weighted by Crippen LogP contribution is -2.13. The Bertz CT molecular complexity index is 1220. The summed E-state index contributed by atoms with van der Waals surface area (Å²) in [5.41, 5.74) is 2.22. The van der Waals surface area contributed by atoms with Crippen LogP contribution in [0.15, 0.2) is 61.1 Å². The number of alkyl halides is 2. The van der Waals surface area contributed by atoms with E-state index in [4.69, 9.17) is 0 Å². The molecule has 0 spiro atoms. The summed E-state index contributed by atoms with van der Waals surface area (Å²) >= 11 is 0. The molecule has 0 saturated heterocycles. The summed E-state index contributed by atoms with van der Waals surface area (Å²) in [5.74, 6) is -1.09. The quantitative estimate of drug-likeness (QED) is 0.516. The van der Waals surface area contributed by atoms with Crippen molar-refractivity contribution in [3.63, 3.8) is 0 Å². The molecule has 0 aliphatic heterocycles. The Kier molecular flexibility index (Phi) is 5.09. The molecule has 152 valence electrons. The summed E-state index contributed by atoms with van der Waals surface area (Å²) in [6.45, 7) is -1.32. The topological polar surface area (TPSA) is 68.5 Å². The van der Waals surface area contributed by atoms with Crippen molar-refractivity contribution in [1.29, 1.82) is 0 Å². The zero-order valence-corrected chi connectivity index (χ0v) is 15.6. The highest BCUT2D eigenvalue weighted by molar-refractivity contribution is 6.09. The number of carbonyl (C=O) groups excluding carboxylic acids is 1. The van der Waals surface area contributed by atoms with E-state index in [0.717, 1.165) is 6.20 Å². The van der Waals surface area contributed by atoms with Crippen LogP contribution in [0.2, 0.25) is 0 Å². The zero-order valence-electron chi connectivity index (χ0n) is 15.6. The third-order valence-electron chi connectivity index (χ3n) is 4.47. The number of carbonyl (C=O) groups is 1. The van der Waals surface area contributed by atoms with E-state index in [0.29, 0.717) is 22.3 Å². The van der Waals surface area contributed by atoms with E-state index in [-0.39, 0.29) is 17.0 Å². The zero-order chi connectivity index (χ0) is 21.3. The molecular weight excluding hydrogens is 397 g/mol. The average molecular weight is 412 g/mol. The van der Waals surface area contributed by atoms with Crippen molar-refractivity contribution in [3.8, 4) is 17.0 Å². The Balaban J connectivity index is 1.64. The summed E-state index contributed by atoms with van der Waals surface area (Å²) in [6.07, 6.45) is 4.26. The molecule has 30 heavy (non-hydrogen) atoms. The van der Waals surface area contributed by atoms with Gasteiger partial charge in [-0.3, -0.25) is 9.78 Å². The molecule has 0 aliphatic carbocycles. The van der Waals surface area contributed by atoms with Gasteiger partial charge in [0.1, 0.15) is 11.6 Å². The molecule has 0 bridgehead atoms. The van der Waals surface area contributed by atoms with Gasteiger partial charge in [0.25, 0.3) is 5.91 Å². The standard InChI is InChI=1S/C21H15F3N4O2/c1-12-8-16(22)14(17-6-5-13(10-25-17)30-21(23)24)9-18(12)27-20(29)15-11-26-28-7-3-2-4-19(15)28/h2-11,21H,1H3,(H,27,29). The molecule has 9 heteroatoms. The predicted molar refractivity (Wildman–Crippen MR) is 104 cm³/mol. The Morgan fingerprint density at radius 2 is 2.00 bits per heavy atom. The van der Waals surface area contributed by atoms with E-state index in [1.54, 1.807) is 35.8 Å². The van der Waals surface area contributed by atoms with Crippen LogP contribution in [0.25, 0.3) is 16.8 Å². The van der Waals surface area contributed by atoms with E-state index < -0.39 is 18.3 Å². The fourth-order valence-corrected chi connectivity index (χ4v) is 3.01. The van der Waals surface area contributed by atoms with E-state index in [2.05, 4.69) is 20.1 Å². The summed E-state index contributed by atoms with van der Waals surface area (Å²) < 4.78 is 44.9. The second-order valence-corrected chi connectivity index (χ2v) is 6.45. The van der Waals surface area contributed by atoms with Gasteiger partial charge in [0.2, 0.25) is 0 Å². The first-order chi connectivity index (χ1) is 14.4. The summed E-state index contributed by atoms with van der Waals surface area (Å²) in [5, 5.41) is 6.90. The number of amides is 1. The molecule has 3 heterocycles. The van der Waals surface area contributed by atoms with Crippen LogP contribution in [0, 0.1) is 12.7 Å². The van der Waals surface area contributed by atoms with Gasteiger partial charge >= 0.3 is 6.61 Å². The number of aryl methyl sites for hydroxylation is 1. The highest BCUT2D eigenvalue weighted by Gasteiger charge is 2.16. The molecular formula is C21H15F3N4O2. The smallest absolute Gasteiger partial charge is 0.387 e. The molecule has 1 aromatic carbocycles. The number of benzene rings is 1. The van der Waals surface area contributed by atoms with Crippen molar-refractivity contribution >= 4 is 17.1 Å². The Labute approximate surface area is 168 Å². The molecule has 0 atom stereocenters. The van der Waals surface area contributed by atoms with Gasteiger partial charge < -0.3 is 10.1 Å². The molecule has 1 amide bonds. The second kappa shape index (κ2) is 7.86. The van der Waals surface area contributed by atoms with Crippen LogP contribution >= 0.6 is 0 Å². The molecule has 0 aliphatic rings. The summed E-state index contributed by atoms with van der Waals surface area (Å²) in [7, 11) is 0. The number of rotatable bonds is 5. The van der Waals surface area contributed by atoms with E-state index in [1.165, 1.54) is 30.5 Å². The number of ether oxygens (including phenoxy) is 1. The lowest BCUT2D eigenvalue weighted by atomic mass is 10.1. The van der Waals surface area contributed by atoms with Crippen molar-refractivity contribution in [2.45, 2.75) is 13.5 Å². The van der Waals surface area contributed by atoms with Gasteiger partial charge in [-0.1, -0.05) is 6.07 Å². The molecule has 0 saturated carbocycles. The van der Waals surface area contributed by atoms with Gasteiger partial charge in [-0.15, -0.1) is 0 Å². The predicted octanol–water partition coefficient (Wildman–Crippen LogP) is 4.70. The largest absolute Gasteiger partial charge is 0.433 e. The first-order valence-electron chi connectivity index (χ1n) is 8.87. The lowest BCUT2D eigenvalue weighted by Gasteiger charge is -2.12. The van der Waals surface area contributed by atoms with Crippen LogP contribution in [-0.4, -0.2) is 27.1 Å². The number of pyridine rings is 2. The minimum atomic E-state index is -2.98. The van der Waals surface area contributed by atoms with Crippen molar-refractivity contribution in [2.24, 2.45) is 0 Å². The fraction of sp³-hybridized carbons (Fsp3) is 0.0952. The normalized spacial score (nSPS) is 11.1. The minimum Gasteiger partial charge on any atom is -0.433 e. The highest BCUT2D eigenvalue weighted by atomic mass is 19.3. The maximum absolute atomic E-state index is 14.5. The Morgan fingerprint density at radius 3 is 2.73 bits per heavy atom. The number of nitrogens with zero attached hydrogens (tertiary/aromatic N) is 3. The maximum atomic E-state index is 14.5. The van der Waals surface area contributed by atoms with Gasteiger partial charge in [-0.05, 0) is 48.9 Å². The molecule has 6 nitrogen and oxygen atoms in total. The second-order valence-electron chi connectivity index (χ2n) is 6.45. The maximum Gasteiger partial charge on any atom is 0.387 e. The molecule has 3 aromatic heterocycles. The summed E-state index contributed by atoms with van der Waals surface area (Å²) in [4.78, 5) is 16.7. The molecule has 0 fully saturated rings. The molecule has 0 unspecified atom stereocenters. The number of halogens is 3. The van der Waals surface area contributed by atoms with Crippen molar-refractivity contribution < 1.29 is 22.7 Å². The number of hydrogen-bond acceptors (Lipinski definition) is 4. The van der Waals surface area contributed by atoms with Gasteiger partial charge in [-0.2, -0.15) is 13.9 Å². The van der Waals surface area contributed by atoms with Crippen molar-refractivity contribution in [3.05, 3.63) is 78.0 Å². The van der Waals surface area contributed by atoms with Crippen molar-refractivity contribution in [2.75, 3.05) is 5.32 Å². The number of anilines is 1. The van der Waals surface area contributed by atoms with Crippen LogP contribution in [0.5, 0.6) is 5.75 Å². The number of nitrogens with one attached hydrogen (secondary N) is 1. The molecule has 1 N–H and O–H groups in total. The number of hydrogen-bond donors (Lipinski definition) is 1. The lowest BCUT2D eigenvalue weighted by molar-refractivity contribution is -0.0500. The third kappa shape index (κ3) is 3.82. The van der Waals surface area contributed by atoms with E-state index >= 15 is 0 Å². The van der Waals surface area contributed by atoms with E-state index in [9.17, 15) is 18.0 Å². The molecule has 4 aromatic rings. The number of aromatic nitrogens is 3. The van der Waals surface area contributed by atoms with Crippen LogP contribution < -0.4 is 10.1 Å².